The molecule has 0 unspecified atom stereocenters. The Balaban J connectivity index is 1.44. The highest BCUT2D eigenvalue weighted by Crippen LogP contribution is 2.27. The summed E-state index contributed by atoms with van der Waals surface area (Å²) in [5, 5.41) is 3.74. The third-order valence-corrected chi connectivity index (χ3v) is 5.29. The Bertz CT molecular complexity index is 1230. The molecule has 3 aromatic heterocycles. The van der Waals surface area contributed by atoms with Gasteiger partial charge in [-0.15, -0.1) is 0 Å². The zero-order valence-electron chi connectivity index (χ0n) is 17.2. The lowest BCUT2D eigenvalue weighted by Gasteiger charge is -2.27. The number of nitrogens with one attached hydrogen (secondary N) is 1. The van der Waals surface area contributed by atoms with Crippen LogP contribution in [0.5, 0.6) is 0 Å². The van der Waals surface area contributed by atoms with Crippen LogP contribution in [0.4, 0.5) is 11.5 Å². The maximum Gasteiger partial charge on any atom is 0.256 e. The Hall–Kier alpha value is -3.71. The zero-order chi connectivity index (χ0) is 21.2. The standard InChI is InChI=1S/C24H22N4O3/c1-16-6-8-22(31-16)21-14-19(18-4-2-3-5-20(18)27-21)24(29)26-17-7-9-23(25-15-17)28-10-12-30-13-11-28/h2-9,14-15H,10-13H2,1H3,(H,26,29). The van der Waals surface area contributed by atoms with E-state index < -0.39 is 0 Å². The van der Waals surface area contributed by atoms with Crippen molar-refractivity contribution in [2.75, 3.05) is 36.5 Å². The number of nitrogens with zero attached hydrogens (tertiary/aromatic N) is 3. The van der Waals surface area contributed by atoms with Crippen molar-refractivity contribution in [1.82, 2.24) is 9.97 Å². The predicted molar refractivity (Wildman–Crippen MR) is 119 cm³/mol. The van der Waals surface area contributed by atoms with Crippen molar-refractivity contribution < 1.29 is 13.9 Å². The fourth-order valence-corrected chi connectivity index (χ4v) is 3.70. The highest BCUT2D eigenvalue weighted by atomic mass is 16.5. The smallest absolute Gasteiger partial charge is 0.256 e. The summed E-state index contributed by atoms with van der Waals surface area (Å²) in [5.41, 5.74) is 2.53. The summed E-state index contributed by atoms with van der Waals surface area (Å²) in [6.07, 6.45) is 1.68. The second-order valence-electron chi connectivity index (χ2n) is 7.44. The van der Waals surface area contributed by atoms with Crippen molar-refractivity contribution in [3.05, 3.63) is 72.1 Å². The third-order valence-electron chi connectivity index (χ3n) is 5.29. The lowest BCUT2D eigenvalue weighted by Crippen LogP contribution is -2.36. The van der Waals surface area contributed by atoms with E-state index in [1.165, 1.54) is 0 Å². The van der Waals surface area contributed by atoms with Gasteiger partial charge < -0.3 is 19.4 Å². The molecule has 5 rings (SSSR count). The topological polar surface area (TPSA) is 80.5 Å². The van der Waals surface area contributed by atoms with E-state index in [-0.39, 0.29) is 5.91 Å². The van der Waals surface area contributed by atoms with Crippen molar-refractivity contribution >= 4 is 28.3 Å². The number of aromatic nitrogens is 2. The molecule has 0 saturated carbocycles. The van der Waals surface area contributed by atoms with E-state index in [0.717, 1.165) is 35.6 Å². The summed E-state index contributed by atoms with van der Waals surface area (Å²) in [5.74, 6) is 2.09. The number of ether oxygens (including phenoxy) is 1. The summed E-state index contributed by atoms with van der Waals surface area (Å²) in [4.78, 5) is 24.5. The maximum atomic E-state index is 13.2. The van der Waals surface area contributed by atoms with Gasteiger partial charge in [-0.25, -0.2) is 9.97 Å². The number of anilines is 2. The van der Waals surface area contributed by atoms with Crippen LogP contribution in [-0.4, -0.2) is 42.2 Å². The lowest BCUT2D eigenvalue weighted by molar-refractivity contribution is 0.102. The van der Waals surface area contributed by atoms with E-state index in [1.54, 1.807) is 12.3 Å². The number of pyridine rings is 2. The van der Waals surface area contributed by atoms with E-state index in [2.05, 4.69) is 20.2 Å². The molecule has 1 aliphatic heterocycles. The second-order valence-corrected chi connectivity index (χ2v) is 7.44. The highest BCUT2D eigenvalue weighted by Gasteiger charge is 2.17. The molecule has 1 N–H and O–H groups in total. The van der Waals surface area contributed by atoms with Gasteiger partial charge in [0.1, 0.15) is 17.3 Å². The number of carbonyl (C=O) groups excluding carboxylic acids is 1. The number of para-hydroxylation sites is 1. The average molecular weight is 414 g/mol. The molecule has 1 saturated heterocycles. The molecule has 1 aliphatic rings. The van der Waals surface area contributed by atoms with Crippen molar-refractivity contribution in [2.24, 2.45) is 0 Å². The minimum atomic E-state index is -0.218. The quantitative estimate of drug-likeness (QED) is 0.537. The average Bonchev–Trinajstić information content (AvgIpc) is 3.25. The molecule has 0 spiro atoms. The van der Waals surface area contributed by atoms with Crippen LogP contribution < -0.4 is 10.2 Å². The molecule has 4 heterocycles. The van der Waals surface area contributed by atoms with Gasteiger partial charge in [-0.05, 0) is 43.3 Å². The fourth-order valence-electron chi connectivity index (χ4n) is 3.70. The number of morpholine rings is 1. The van der Waals surface area contributed by atoms with Gasteiger partial charge in [0.15, 0.2) is 5.76 Å². The first kappa shape index (κ1) is 19.3. The van der Waals surface area contributed by atoms with Crippen molar-refractivity contribution in [2.45, 2.75) is 6.92 Å². The number of carbonyl (C=O) groups is 1. The first-order chi connectivity index (χ1) is 15.2. The Morgan fingerprint density at radius 2 is 1.90 bits per heavy atom. The van der Waals surface area contributed by atoms with Gasteiger partial charge >= 0.3 is 0 Å². The molecule has 31 heavy (non-hydrogen) atoms. The number of hydrogen-bond donors (Lipinski definition) is 1. The maximum absolute atomic E-state index is 13.2. The number of aryl methyl sites for hydroxylation is 1. The van der Waals surface area contributed by atoms with E-state index in [9.17, 15) is 4.79 Å². The molecule has 1 amide bonds. The van der Waals surface area contributed by atoms with Crippen molar-refractivity contribution in [3.8, 4) is 11.5 Å². The molecule has 7 heteroatoms. The molecule has 0 bridgehead atoms. The Morgan fingerprint density at radius 1 is 1.06 bits per heavy atom. The molecule has 1 aromatic carbocycles. The Labute approximate surface area is 179 Å². The fraction of sp³-hybridized carbons (Fsp3) is 0.208. The van der Waals surface area contributed by atoms with Crippen LogP contribution in [0.1, 0.15) is 16.1 Å². The number of rotatable bonds is 4. The predicted octanol–water partition coefficient (Wildman–Crippen LogP) is 4.29. The van der Waals surface area contributed by atoms with E-state index in [0.29, 0.717) is 35.9 Å². The molecule has 156 valence electrons. The summed E-state index contributed by atoms with van der Waals surface area (Å²) in [6, 6.07) is 16.9. The Kier molecular flexibility index (Phi) is 5.09. The van der Waals surface area contributed by atoms with Crippen LogP contribution in [0.25, 0.3) is 22.4 Å². The van der Waals surface area contributed by atoms with Gasteiger partial charge in [-0.1, -0.05) is 18.2 Å². The number of fused-ring (bicyclic) bond motifs is 1. The second kappa shape index (κ2) is 8.20. The first-order valence-corrected chi connectivity index (χ1v) is 10.2. The van der Waals surface area contributed by atoms with E-state index in [4.69, 9.17) is 9.15 Å². The van der Waals surface area contributed by atoms with E-state index in [1.807, 2.05) is 55.5 Å². The van der Waals surface area contributed by atoms with Gasteiger partial charge in [0.2, 0.25) is 0 Å². The minimum Gasteiger partial charge on any atom is -0.460 e. The number of furan rings is 1. The third kappa shape index (κ3) is 4.00. The largest absolute Gasteiger partial charge is 0.460 e. The molecule has 1 fully saturated rings. The van der Waals surface area contributed by atoms with Crippen LogP contribution in [0.3, 0.4) is 0 Å². The van der Waals surface area contributed by atoms with Gasteiger partial charge in [0.05, 0.1) is 36.2 Å². The molecular weight excluding hydrogens is 392 g/mol. The molecule has 0 radical (unpaired) electrons. The van der Waals surface area contributed by atoms with Crippen molar-refractivity contribution in [3.63, 3.8) is 0 Å². The number of amides is 1. The van der Waals surface area contributed by atoms with Crippen LogP contribution in [0.2, 0.25) is 0 Å². The number of benzene rings is 1. The van der Waals surface area contributed by atoms with Gasteiger partial charge in [0, 0.05) is 18.5 Å². The summed E-state index contributed by atoms with van der Waals surface area (Å²) in [7, 11) is 0. The summed E-state index contributed by atoms with van der Waals surface area (Å²) in [6.45, 7) is 4.92. The van der Waals surface area contributed by atoms with Crippen molar-refractivity contribution in [1.29, 1.82) is 0 Å². The zero-order valence-corrected chi connectivity index (χ0v) is 17.2. The van der Waals surface area contributed by atoms with Crippen LogP contribution in [0.15, 0.2) is 65.2 Å². The van der Waals surface area contributed by atoms with Crippen LogP contribution in [-0.2, 0) is 4.74 Å². The molecular formula is C24H22N4O3. The molecule has 7 nitrogen and oxygen atoms in total. The van der Waals surface area contributed by atoms with Gasteiger partial charge in [0.25, 0.3) is 5.91 Å². The SMILES string of the molecule is Cc1ccc(-c2cc(C(=O)Nc3ccc(N4CCOCC4)nc3)c3ccccc3n2)o1. The van der Waals surface area contributed by atoms with Gasteiger partial charge in [-0.2, -0.15) is 0 Å². The highest BCUT2D eigenvalue weighted by molar-refractivity contribution is 6.13. The van der Waals surface area contributed by atoms with Crippen LogP contribution >= 0.6 is 0 Å². The number of hydrogen-bond acceptors (Lipinski definition) is 6. The molecule has 0 aliphatic carbocycles. The van der Waals surface area contributed by atoms with Crippen LogP contribution in [0, 0.1) is 6.92 Å². The summed E-state index contributed by atoms with van der Waals surface area (Å²) < 4.78 is 11.1. The first-order valence-electron chi connectivity index (χ1n) is 10.2. The normalized spacial score (nSPS) is 14.0. The lowest BCUT2D eigenvalue weighted by atomic mass is 10.1. The molecule has 0 atom stereocenters. The minimum absolute atomic E-state index is 0.218. The monoisotopic (exact) mass is 414 g/mol. The molecule has 4 aromatic rings. The summed E-state index contributed by atoms with van der Waals surface area (Å²) >= 11 is 0. The Morgan fingerprint density at radius 3 is 2.65 bits per heavy atom. The van der Waals surface area contributed by atoms with E-state index >= 15 is 0 Å². The van der Waals surface area contributed by atoms with Gasteiger partial charge in [-0.3, -0.25) is 4.79 Å².